The molecule has 7 heteroatoms. The molecule has 0 aromatic carbocycles. The number of aromatic amines is 1. The largest absolute Gasteiger partial charge is 0.460 e. The molecule has 0 aliphatic heterocycles. The molecule has 0 saturated carbocycles. The van der Waals surface area contributed by atoms with Crippen LogP contribution in [0, 0.1) is 6.92 Å². The van der Waals surface area contributed by atoms with Crippen LogP contribution in [0.15, 0.2) is 15.8 Å². The summed E-state index contributed by atoms with van der Waals surface area (Å²) < 4.78 is 6.15. The van der Waals surface area contributed by atoms with E-state index >= 15 is 0 Å². The van der Waals surface area contributed by atoms with Crippen LogP contribution in [0.1, 0.15) is 18.9 Å². The highest BCUT2D eigenvalue weighted by Gasteiger charge is 2.11. The average Bonchev–Trinajstić information content (AvgIpc) is 2.29. The molecule has 0 radical (unpaired) electrons. The lowest BCUT2D eigenvalue weighted by Crippen LogP contribution is -2.32. The predicted octanol–water partition coefficient (Wildman–Crippen LogP) is -0.841. The van der Waals surface area contributed by atoms with Crippen LogP contribution in [0.4, 0.5) is 0 Å². The van der Waals surface area contributed by atoms with E-state index in [-0.39, 0.29) is 13.2 Å². The van der Waals surface area contributed by atoms with E-state index in [1.807, 2.05) is 0 Å². The van der Waals surface area contributed by atoms with Crippen molar-refractivity contribution < 1.29 is 14.6 Å². The molecule has 1 unspecified atom stereocenters. The van der Waals surface area contributed by atoms with Gasteiger partial charge in [-0.15, -0.1) is 0 Å². The average molecular weight is 256 g/mol. The minimum atomic E-state index is -0.651. The molecule has 18 heavy (non-hydrogen) atoms. The monoisotopic (exact) mass is 256 g/mol. The van der Waals surface area contributed by atoms with Crippen molar-refractivity contribution in [1.29, 1.82) is 0 Å². The van der Waals surface area contributed by atoms with E-state index in [0.29, 0.717) is 12.0 Å². The number of aliphatic hydroxyl groups is 1. The maximum absolute atomic E-state index is 11.5. The summed E-state index contributed by atoms with van der Waals surface area (Å²) >= 11 is 0. The molecule has 1 aromatic rings. The van der Waals surface area contributed by atoms with Crippen LogP contribution in [-0.4, -0.2) is 33.3 Å². The number of esters is 1. The summed E-state index contributed by atoms with van der Waals surface area (Å²) in [6.07, 6.45) is 1.08. The number of carbonyl (C=O) groups is 1. The fourth-order valence-electron chi connectivity index (χ4n) is 1.49. The van der Waals surface area contributed by atoms with Gasteiger partial charge in [-0.3, -0.25) is 14.6 Å². The predicted molar refractivity (Wildman–Crippen MR) is 63.3 cm³/mol. The van der Waals surface area contributed by atoms with Crippen molar-refractivity contribution in [3.63, 3.8) is 0 Å². The number of H-pyrrole nitrogens is 1. The molecule has 0 bridgehead atoms. The minimum Gasteiger partial charge on any atom is -0.460 e. The van der Waals surface area contributed by atoms with Crippen LogP contribution in [0.5, 0.6) is 0 Å². The molecule has 1 aromatic heterocycles. The Morgan fingerprint density at radius 1 is 1.56 bits per heavy atom. The van der Waals surface area contributed by atoms with Crippen LogP contribution >= 0.6 is 0 Å². The Bertz CT molecular complexity index is 531. The first-order valence-corrected chi connectivity index (χ1v) is 5.52. The third-order valence-corrected chi connectivity index (χ3v) is 2.42. The Morgan fingerprint density at radius 2 is 2.22 bits per heavy atom. The molecule has 0 fully saturated rings. The van der Waals surface area contributed by atoms with Gasteiger partial charge < -0.3 is 14.4 Å². The summed E-state index contributed by atoms with van der Waals surface area (Å²) in [5.41, 5.74) is -0.525. The zero-order valence-corrected chi connectivity index (χ0v) is 10.3. The second-order valence-electron chi connectivity index (χ2n) is 3.97. The first-order valence-electron chi connectivity index (χ1n) is 5.52. The number of aryl methyl sites for hydroxylation is 2. The number of hydrogen-bond acceptors (Lipinski definition) is 5. The lowest BCUT2D eigenvalue weighted by atomic mass is 10.2. The molecule has 1 rings (SSSR count). The van der Waals surface area contributed by atoms with E-state index in [1.165, 1.54) is 17.7 Å². The third-order valence-electron chi connectivity index (χ3n) is 2.42. The fraction of sp³-hybridized carbons (Fsp3) is 0.545. The van der Waals surface area contributed by atoms with E-state index in [4.69, 9.17) is 9.84 Å². The van der Waals surface area contributed by atoms with E-state index in [0.717, 1.165) is 0 Å². The van der Waals surface area contributed by atoms with Crippen LogP contribution in [0.25, 0.3) is 0 Å². The van der Waals surface area contributed by atoms with E-state index < -0.39 is 23.3 Å². The maximum Gasteiger partial charge on any atom is 0.328 e. The number of aromatic nitrogens is 2. The van der Waals surface area contributed by atoms with Gasteiger partial charge in [-0.2, -0.15) is 0 Å². The summed E-state index contributed by atoms with van der Waals surface area (Å²) in [6.45, 7) is 2.77. The Labute approximate surface area is 103 Å². The Hall–Kier alpha value is -1.89. The first kappa shape index (κ1) is 14.2. The minimum absolute atomic E-state index is 0.245. The summed E-state index contributed by atoms with van der Waals surface area (Å²) in [4.78, 5) is 35.5. The Balaban J connectivity index is 2.74. The van der Waals surface area contributed by atoms with E-state index in [9.17, 15) is 14.4 Å². The normalized spacial score (nSPS) is 12.2. The highest BCUT2D eigenvalue weighted by Crippen LogP contribution is 2.00. The lowest BCUT2D eigenvalue weighted by Gasteiger charge is -2.14. The number of carbonyl (C=O) groups excluding carboxylic acids is 1. The molecular weight excluding hydrogens is 240 g/mol. The van der Waals surface area contributed by atoms with Gasteiger partial charge in [0.2, 0.25) is 0 Å². The zero-order valence-electron chi connectivity index (χ0n) is 10.3. The summed E-state index contributed by atoms with van der Waals surface area (Å²) in [7, 11) is 0. The Kier molecular flexibility index (Phi) is 4.85. The first-order chi connectivity index (χ1) is 8.43. The van der Waals surface area contributed by atoms with Crippen LogP contribution in [0.2, 0.25) is 0 Å². The van der Waals surface area contributed by atoms with Crippen molar-refractivity contribution in [2.75, 3.05) is 6.61 Å². The van der Waals surface area contributed by atoms with Gasteiger partial charge in [0.15, 0.2) is 0 Å². The standard InChI is InChI=1S/C11H16N2O5/c1-7-5-13(11(17)12-10(7)16)4-3-9(6-14)18-8(2)15/h5,9,14H,3-4,6H2,1-2H3,(H,12,16,17). The van der Waals surface area contributed by atoms with Crippen LogP contribution in [0.3, 0.4) is 0 Å². The highest BCUT2D eigenvalue weighted by molar-refractivity contribution is 5.66. The number of hydrogen-bond donors (Lipinski definition) is 2. The summed E-state index contributed by atoms with van der Waals surface area (Å²) in [5.74, 6) is -0.487. The number of rotatable bonds is 5. The van der Waals surface area contributed by atoms with Gasteiger partial charge in [0.05, 0.1) is 6.61 Å². The second kappa shape index (κ2) is 6.15. The van der Waals surface area contributed by atoms with Crippen molar-refractivity contribution >= 4 is 5.97 Å². The maximum atomic E-state index is 11.5. The van der Waals surface area contributed by atoms with Gasteiger partial charge in [-0.05, 0) is 6.92 Å². The van der Waals surface area contributed by atoms with Gasteiger partial charge in [0, 0.05) is 31.6 Å². The third kappa shape index (κ3) is 3.85. The van der Waals surface area contributed by atoms with Crippen molar-refractivity contribution in [3.8, 4) is 0 Å². The van der Waals surface area contributed by atoms with Crippen LogP contribution in [-0.2, 0) is 16.1 Å². The number of nitrogens with zero attached hydrogens (tertiary/aromatic N) is 1. The van der Waals surface area contributed by atoms with Crippen molar-refractivity contribution in [3.05, 3.63) is 32.6 Å². The molecule has 0 aliphatic carbocycles. The summed E-state index contributed by atoms with van der Waals surface area (Å²) in [5, 5.41) is 9.00. The van der Waals surface area contributed by atoms with Crippen molar-refractivity contribution in [1.82, 2.24) is 9.55 Å². The fourth-order valence-corrected chi connectivity index (χ4v) is 1.49. The van der Waals surface area contributed by atoms with Gasteiger partial charge in [0.1, 0.15) is 6.10 Å². The smallest absolute Gasteiger partial charge is 0.328 e. The van der Waals surface area contributed by atoms with Crippen LogP contribution < -0.4 is 11.2 Å². The molecule has 0 amide bonds. The molecule has 100 valence electrons. The quantitative estimate of drug-likeness (QED) is 0.669. The van der Waals surface area contributed by atoms with Gasteiger partial charge in [-0.25, -0.2) is 4.79 Å². The van der Waals surface area contributed by atoms with Gasteiger partial charge in [0.25, 0.3) is 5.56 Å². The molecule has 0 spiro atoms. The van der Waals surface area contributed by atoms with Gasteiger partial charge >= 0.3 is 11.7 Å². The number of ether oxygens (including phenoxy) is 1. The highest BCUT2D eigenvalue weighted by atomic mass is 16.5. The zero-order chi connectivity index (χ0) is 13.7. The number of nitrogens with one attached hydrogen (secondary N) is 1. The molecule has 0 saturated heterocycles. The number of aliphatic hydroxyl groups excluding tert-OH is 1. The molecule has 2 N–H and O–H groups in total. The topological polar surface area (TPSA) is 101 Å². The second-order valence-corrected chi connectivity index (χ2v) is 3.97. The molecule has 7 nitrogen and oxygen atoms in total. The summed E-state index contributed by atoms with van der Waals surface area (Å²) in [6, 6.07) is 0. The molecule has 1 heterocycles. The van der Waals surface area contributed by atoms with Crippen molar-refractivity contribution in [2.45, 2.75) is 32.9 Å². The van der Waals surface area contributed by atoms with Crippen molar-refractivity contribution in [2.24, 2.45) is 0 Å². The van der Waals surface area contributed by atoms with Gasteiger partial charge in [-0.1, -0.05) is 0 Å². The molecular formula is C11H16N2O5. The van der Waals surface area contributed by atoms with E-state index in [1.54, 1.807) is 6.92 Å². The lowest BCUT2D eigenvalue weighted by molar-refractivity contribution is -0.148. The molecule has 1 atom stereocenters. The van der Waals surface area contributed by atoms with E-state index in [2.05, 4.69) is 4.98 Å². The Morgan fingerprint density at radius 3 is 2.78 bits per heavy atom. The SMILES string of the molecule is CC(=O)OC(CO)CCn1cc(C)c(=O)[nH]c1=O. The molecule has 0 aliphatic rings.